The lowest BCUT2D eigenvalue weighted by Gasteiger charge is -2.26. The fourth-order valence-corrected chi connectivity index (χ4v) is 1.30. The van der Waals surface area contributed by atoms with Crippen molar-refractivity contribution in [2.45, 2.75) is 44.6 Å². The third-order valence-electron chi connectivity index (χ3n) is 2.28. The van der Waals surface area contributed by atoms with Crippen molar-refractivity contribution >= 4 is 0 Å². The first kappa shape index (κ1) is 11.9. The van der Waals surface area contributed by atoms with Gasteiger partial charge in [-0.1, -0.05) is 0 Å². The summed E-state index contributed by atoms with van der Waals surface area (Å²) in [5.74, 6) is -0.741. The summed E-state index contributed by atoms with van der Waals surface area (Å²) >= 11 is 0. The van der Waals surface area contributed by atoms with Crippen molar-refractivity contribution in [3.05, 3.63) is 0 Å². The summed E-state index contributed by atoms with van der Waals surface area (Å²) in [7, 11) is 1.54. The largest absolute Gasteiger partial charge is 0.394 e. The predicted octanol–water partition coefficient (Wildman–Crippen LogP) is -0.146. The van der Waals surface area contributed by atoms with Crippen LogP contribution in [0.15, 0.2) is 0 Å². The lowest BCUT2D eigenvalue weighted by atomic mass is 10.2. The van der Waals surface area contributed by atoms with Crippen LogP contribution in [-0.2, 0) is 14.2 Å². The van der Waals surface area contributed by atoms with E-state index in [0.717, 1.165) is 0 Å². The quantitative estimate of drug-likeness (QED) is 0.626. The van der Waals surface area contributed by atoms with E-state index in [2.05, 4.69) is 0 Å². The maximum Gasteiger partial charge on any atom is 0.165 e. The molecule has 0 bridgehead atoms. The van der Waals surface area contributed by atoms with Crippen molar-refractivity contribution in [1.82, 2.24) is 0 Å². The molecular formula is C9H18O5. The minimum Gasteiger partial charge on any atom is -0.394 e. The second-order valence-electron chi connectivity index (χ2n) is 3.81. The Morgan fingerprint density at radius 2 is 2.14 bits per heavy atom. The molecule has 0 radical (unpaired) electrons. The predicted molar refractivity (Wildman–Crippen MR) is 48.5 cm³/mol. The van der Waals surface area contributed by atoms with Gasteiger partial charge in [-0.25, -0.2) is 0 Å². The molecule has 1 unspecified atom stereocenters. The normalized spacial score (nSPS) is 33.6. The summed E-state index contributed by atoms with van der Waals surface area (Å²) in [6, 6.07) is 0. The van der Waals surface area contributed by atoms with Gasteiger partial charge in [0.1, 0.15) is 6.10 Å². The van der Waals surface area contributed by atoms with Crippen LogP contribution in [0.25, 0.3) is 0 Å². The standard InChI is InChI=1S/C9H18O5/c1-9(2,12-3)14-8-4-6(11)7(5-10)13-8/h6-8,10-11H,4-5H2,1-3H3/t6?,7-,8-/m1/s1. The van der Waals surface area contributed by atoms with Gasteiger partial charge in [-0.3, -0.25) is 0 Å². The molecule has 0 saturated carbocycles. The Labute approximate surface area is 83.6 Å². The molecule has 0 amide bonds. The summed E-state index contributed by atoms with van der Waals surface area (Å²) in [5, 5.41) is 18.3. The number of hydrogen-bond acceptors (Lipinski definition) is 5. The maximum absolute atomic E-state index is 9.42. The number of hydrogen-bond donors (Lipinski definition) is 2. The minimum absolute atomic E-state index is 0.200. The number of rotatable bonds is 4. The van der Waals surface area contributed by atoms with Crippen LogP contribution in [0.3, 0.4) is 0 Å². The average Bonchev–Trinajstić information content (AvgIpc) is 2.45. The van der Waals surface area contributed by atoms with Gasteiger partial charge >= 0.3 is 0 Å². The molecule has 1 heterocycles. The molecule has 0 aliphatic carbocycles. The highest BCUT2D eigenvalue weighted by Gasteiger charge is 2.37. The molecule has 5 heteroatoms. The van der Waals surface area contributed by atoms with E-state index in [-0.39, 0.29) is 6.61 Å². The highest BCUT2D eigenvalue weighted by Crippen LogP contribution is 2.25. The van der Waals surface area contributed by atoms with Crippen LogP contribution in [0, 0.1) is 0 Å². The average molecular weight is 206 g/mol. The van der Waals surface area contributed by atoms with Crippen molar-refractivity contribution in [2.24, 2.45) is 0 Å². The lowest BCUT2D eigenvalue weighted by Crippen LogP contribution is -2.32. The fourth-order valence-electron chi connectivity index (χ4n) is 1.30. The van der Waals surface area contributed by atoms with Crippen LogP contribution < -0.4 is 0 Å². The van der Waals surface area contributed by atoms with Gasteiger partial charge in [-0.05, 0) is 13.8 Å². The molecule has 1 aliphatic rings. The first-order valence-corrected chi connectivity index (χ1v) is 4.66. The van der Waals surface area contributed by atoms with Crippen molar-refractivity contribution in [2.75, 3.05) is 13.7 Å². The van der Waals surface area contributed by atoms with Crippen LogP contribution in [-0.4, -0.2) is 48.2 Å². The first-order valence-electron chi connectivity index (χ1n) is 4.66. The molecule has 1 fully saturated rings. The minimum atomic E-state index is -0.741. The second-order valence-corrected chi connectivity index (χ2v) is 3.81. The number of ether oxygens (including phenoxy) is 3. The Hall–Kier alpha value is -0.200. The van der Waals surface area contributed by atoms with E-state index in [1.807, 2.05) is 0 Å². The molecule has 3 atom stereocenters. The van der Waals surface area contributed by atoms with E-state index in [1.54, 1.807) is 13.8 Å². The van der Waals surface area contributed by atoms with Gasteiger partial charge in [0.25, 0.3) is 0 Å². The topological polar surface area (TPSA) is 68.2 Å². The Morgan fingerprint density at radius 3 is 2.57 bits per heavy atom. The van der Waals surface area contributed by atoms with Gasteiger partial charge in [0, 0.05) is 13.5 Å². The summed E-state index contributed by atoms with van der Waals surface area (Å²) in [5.41, 5.74) is 0. The molecule has 5 nitrogen and oxygen atoms in total. The van der Waals surface area contributed by atoms with E-state index < -0.39 is 24.3 Å². The van der Waals surface area contributed by atoms with Crippen LogP contribution >= 0.6 is 0 Å². The Bertz CT molecular complexity index is 182. The van der Waals surface area contributed by atoms with Gasteiger partial charge in [-0.15, -0.1) is 0 Å². The molecule has 1 saturated heterocycles. The maximum atomic E-state index is 9.42. The molecule has 1 rings (SSSR count). The molecule has 0 aromatic heterocycles. The monoisotopic (exact) mass is 206 g/mol. The molecule has 1 aliphatic heterocycles. The van der Waals surface area contributed by atoms with Gasteiger partial charge in [0.15, 0.2) is 12.1 Å². The lowest BCUT2D eigenvalue weighted by molar-refractivity contribution is -0.280. The van der Waals surface area contributed by atoms with Crippen LogP contribution in [0.4, 0.5) is 0 Å². The number of aliphatic hydroxyl groups is 2. The van der Waals surface area contributed by atoms with E-state index in [4.69, 9.17) is 19.3 Å². The van der Waals surface area contributed by atoms with E-state index in [9.17, 15) is 5.11 Å². The van der Waals surface area contributed by atoms with Crippen LogP contribution in [0.5, 0.6) is 0 Å². The fraction of sp³-hybridized carbons (Fsp3) is 1.00. The van der Waals surface area contributed by atoms with E-state index in [0.29, 0.717) is 6.42 Å². The summed E-state index contributed by atoms with van der Waals surface area (Å²) in [6.07, 6.45) is -1.37. The first-order chi connectivity index (χ1) is 6.48. The molecule has 0 aromatic rings. The summed E-state index contributed by atoms with van der Waals surface area (Å²) in [4.78, 5) is 0. The Kier molecular flexibility index (Phi) is 3.86. The molecular weight excluding hydrogens is 188 g/mol. The molecule has 0 spiro atoms. The van der Waals surface area contributed by atoms with E-state index in [1.165, 1.54) is 7.11 Å². The zero-order chi connectivity index (χ0) is 10.8. The zero-order valence-electron chi connectivity index (χ0n) is 8.77. The van der Waals surface area contributed by atoms with Crippen molar-refractivity contribution in [3.63, 3.8) is 0 Å². The third kappa shape index (κ3) is 2.90. The van der Waals surface area contributed by atoms with Crippen molar-refractivity contribution < 1.29 is 24.4 Å². The summed E-state index contributed by atoms with van der Waals surface area (Å²) in [6.45, 7) is 3.32. The SMILES string of the molecule is COC(C)(C)O[C@@H]1CC(O)[C@@H](CO)O1. The van der Waals surface area contributed by atoms with Gasteiger partial charge in [0.2, 0.25) is 0 Å². The third-order valence-corrected chi connectivity index (χ3v) is 2.28. The van der Waals surface area contributed by atoms with Crippen molar-refractivity contribution in [3.8, 4) is 0 Å². The Morgan fingerprint density at radius 1 is 1.50 bits per heavy atom. The highest BCUT2D eigenvalue weighted by molar-refractivity contribution is 4.78. The van der Waals surface area contributed by atoms with Gasteiger partial charge in [0.05, 0.1) is 12.7 Å². The van der Waals surface area contributed by atoms with E-state index >= 15 is 0 Å². The molecule has 2 N–H and O–H groups in total. The zero-order valence-corrected chi connectivity index (χ0v) is 8.77. The molecule has 0 aromatic carbocycles. The van der Waals surface area contributed by atoms with Crippen LogP contribution in [0.1, 0.15) is 20.3 Å². The number of methoxy groups -OCH3 is 1. The van der Waals surface area contributed by atoms with Gasteiger partial charge in [-0.2, -0.15) is 0 Å². The van der Waals surface area contributed by atoms with Gasteiger partial charge < -0.3 is 24.4 Å². The smallest absolute Gasteiger partial charge is 0.165 e. The number of aliphatic hydroxyl groups excluding tert-OH is 2. The Balaban J connectivity index is 2.42. The summed E-state index contributed by atoms with van der Waals surface area (Å²) < 4.78 is 15.8. The molecule has 84 valence electrons. The second kappa shape index (κ2) is 4.55. The van der Waals surface area contributed by atoms with Crippen LogP contribution in [0.2, 0.25) is 0 Å². The highest BCUT2D eigenvalue weighted by atomic mass is 16.8. The van der Waals surface area contributed by atoms with Crippen molar-refractivity contribution in [1.29, 1.82) is 0 Å². The molecule has 14 heavy (non-hydrogen) atoms.